The zero-order valence-electron chi connectivity index (χ0n) is 19.5. The fraction of sp³-hybridized carbons (Fsp3) is 0.185. The standard InChI is InChI=1S/C27H25N5O3S/c33-25(19-32-23-12-5-4-11-22(23)29-30-32)31(15-14-20-8-2-1-3-9-20)26(24-13-7-17-36-24)27(34)28-18-21-10-6-16-35-21/h1-13,16-17,26H,14-15,18-19H2,(H,28,34). The van der Waals surface area contributed by atoms with Gasteiger partial charge >= 0.3 is 0 Å². The number of benzene rings is 2. The van der Waals surface area contributed by atoms with Gasteiger partial charge in [-0.2, -0.15) is 0 Å². The lowest BCUT2D eigenvalue weighted by Crippen LogP contribution is -2.45. The molecule has 2 amide bonds. The van der Waals surface area contributed by atoms with Crippen molar-refractivity contribution in [2.24, 2.45) is 0 Å². The van der Waals surface area contributed by atoms with Gasteiger partial charge in [-0.25, -0.2) is 4.68 Å². The van der Waals surface area contributed by atoms with Crippen molar-refractivity contribution < 1.29 is 14.0 Å². The van der Waals surface area contributed by atoms with E-state index >= 15 is 0 Å². The van der Waals surface area contributed by atoms with Gasteiger partial charge in [0.05, 0.1) is 18.3 Å². The molecule has 5 rings (SSSR count). The quantitative estimate of drug-likeness (QED) is 0.311. The van der Waals surface area contributed by atoms with E-state index in [1.54, 1.807) is 28.0 Å². The summed E-state index contributed by atoms with van der Waals surface area (Å²) in [6, 6.07) is 24.0. The molecule has 3 heterocycles. The summed E-state index contributed by atoms with van der Waals surface area (Å²) >= 11 is 1.45. The first-order valence-electron chi connectivity index (χ1n) is 11.6. The Balaban J connectivity index is 1.43. The van der Waals surface area contributed by atoms with E-state index in [4.69, 9.17) is 4.42 Å². The summed E-state index contributed by atoms with van der Waals surface area (Å²) in [6.07, 6.45) is 2.17. The molecule has 182 valence electrons. The van der Waals surface area contributed by atoms with E-state index in [9.17, 15) is 9.59 Å². The van der Waals surface area contributed by atoms with Crippen LogP contribution < -0.4 is 5.32 Å². The third-order valence-electron chi connectivity index (χ3n) is 5.90. The number of rotatable bonds is 10. The van der Waals surface area contributed by atoms with E-state index in [0.717, 1.165) is 16.0 Å². The van der Waals surface area contributed by atoms with Gasteiger partial charge in [0.2, 0.25) is 11.8 Å². The smallest absolute Gasteiger partial charge is 0.248 e. The zero-order chi connectivity index (χ0) is 24.7. The molecule has 0 fully saturated rings. The van der Waals surface area contributed by atoms with Gasteiger partial charge in [0.15, 0.2) is 0 Å². The maximum atomic E-state index is 13.8. The van der Waals surface area contributed by atoms with Crippen molar-refractivity contribution in [3.05, 3.63) is 107 Å². The number of amides is 2. The Hall–Kier alpha value is -4.24. The molecule has 0 bridgehead atoms. The average Bonchev–Trinajstić information content (AvgIpc) is 3.69. The molecule has 2 aromatic carbocycles. The number of aromatic nitrogens is 3. The first-order valence-corrected chi connectivity index (χ1v) is 12.5. The Labute approximate surface area is 212 Å². The van der Waals surface area contributed by atoms with Crippen LogP contribution in [0.3, 0.4) is 0 Å². The molecular formula is C27H25N5O3S. The van der Waals surface area contributed by atoms with Crippen LogP contribution in [0.25, 0.3) is 11.0 Å². The predicted molar refractivity (Wildman–Crippen MR) is 137 cm³/mol. The third-order valence-corrected chi connectivity index (χ3v) is 6.82. The minimum Gasteiger partial charge on any atom is -0.467 e. The highest BCUT2D eigenvalue weighted by Crippen LogP contribution is 2.27. The first kappa shape index (κ1) is 23.5. The van der Waals surface area contributed by atoms with Crippen molar-refractivity contribution in [2.75, 3.05) is 6.54 Å². The zero-order valence-corrected chi connectivity index (χ0v) is 20.3. The molecule has 0 aliphatic carbocycles. The Morgan fingerprint density at radius 1 is 1.00 bits per heavy atom. The molecule has 0 saturated heterocycles. The highest BCUT2D eigenvalue weighted by atomic mass is 32.1. The molecule has 9 heteroatoms. The molecule has 1 N–H and O–H groups in total. The molecule has 1 atom stereocenters. The second-order valence-corrected chi connectivity index (χ2v) is 9.25. The summed E-state index contributed by atoms with van der Waals surface area (Å²) < 4.78 is 6.95. The molecule has 0 saturated carbocycles. The Bertz CT molecular complexity index is 1410. The number of carbonyl (C=O) groups excluding carboxylic acids is 2. The SMILES string of the molecule is O=C(NCc1ccco1)C(c1cccs1)N(CCc1ccccc1)C(=O)Cn1nnc2ccccc21. The fourth-order valence-corrected chi connectivity index (χ4v) is 4.93. The number of furan rings is 1. The van der Waals surface area contributed by atoms with Crippen LogP contribution in [0.15, 0.2) is 94.9 Å². The number of nitrogens with zero attached hydrogens (tertiary/aromatic N) is 4. The van der Waals surface area contributed by atoms with Crippen molar-refractivity contribution in [1.82, 2.24) is 25.2 Å². The highest BCUT2D eigenvalue weighted by Gasteiger charge is 2.32. The number of fused-ring (bicyclic) bond motifs is 1. The summed E-state index contributed by atoms with van der Waals surface area (Å²) in [6.45, 7) is 0.580. The van der Waals surface area contributed by atoms with Crippen LogP contribution in [0.1, 0.15) is 22.2 Å². The lowest BCUT2D eigenvalue weighted by Gasteiger charge is -2.30. The normalized spacial score (nSPS) is 11.9. The second-order valence-electron chi connectivity index (χ2n) is 8.27. The van der Waals surface area contributed by atoms with Crippen molar-refractivity contribution in [1.29, 1.82) is 0 Å². The van der Waals surface area contributed by atoms with E-state index in [1.807, 2.05) is 72.1 Å². The van der Waals surface area contributed by atoms with E-state index < -0.39 is 6.04 Å². The van der Waals surface area contributed by atoms with Gasteiger partial charge < -0.3 is 14.6 Å². The van der Waals surface area contributed by atoms with Gasteiger partial charge in [-0.1, -0.05) is 53.7 Å². The average molecular weight is 500 g/mol. The van der Waals surface area contributed by atoms with E-state index in [0.29, 0.717) is 24.2 Å². The van der Waals surface area contributed by atoms with Crippen LogP contribution in [0.5, 0.6) is 0 Å². The van der Waals surface area contributed by atoms with Crippen molar-refractivity contribution in [3.8, 4) is 0 Å². The maximum Gasteiger partial charge on any atom is 0.248 e. The highest BCUT2D eigenvalue weighted by molar-refractivity contribution is 7.10. The summed E-state index contributed by atoms with van der Waals surface area (Å²) in [5.74, 6) is 0.163. The molecule has 0 spiro atoms. The van der Waals surface area contributed by atoms with Gasteiger partial charge in [-0.3, -0.25) is 9.59 Å². The summed E-state index contributed by atoms with van der Waals surface area (Å²) in [4.78, 5) is 29.8. The molecule has 3 aromatic heterocycles. The topological polar surface area (TPSA) is 93.3 Å². The lowest BCUT2D eigenvalue weighted by atomic mass is 10.1. The van der Waals surface area contributed by atoms with Crippen LogP contribution in [0.4, 0.5) is 0 Å². The van der Waals surface area contributed by atoms with Gasteiger partial charge in [0.1, 0.15) is 23.9 Å². The number of nitrogens with one attached hydrogen (secondary N) is 1. The Morgan fingerprint density at radius 2 is 1.83 bits per heavy atom. The van der Waals surface area contributed by atoms with E-state index in [1.165, 1.54) is 11.3 Å². The number of thiophene rings is 1. The fourth-order valence-electron chi connectivity index (χ4n) is 4.10. The molecule has 8 nitrogen and oxygen atoms in total. The number of hydrogen-bond donors (Lipinski definition) is 1. The van der Waals surface area contributed by atoms with Gasteiger partial charge in [0, 0.05) is 11.4 Å². The Morgan fingerprint density at radius 3 is 2.61 bits per heavy atom. The van der Waals surface area contributed by atoms with Gasteiger partial charge in [-0.05, 0) is 47.7 Å². The molecular weight excluding hydrogens is 474 g/mol. The van der Waals surface area contributed by atoms with E-state index in [2.05, 4.69) is 15.6 Å². The minimum atomic E-state index is -0.786. The monoisotopic (exact) mass is 499 g/mol. The summed E-state index contributed by atoms with van der Waals surface area (Å²) in [7, 11) is 0. The van der Waals surface area contributed by atoms with Gasteiger partial charge in [-0.15, -0.1) is 16.4 Å². The lowest BCUT2D eigenvalue weighted by molar-refractivity contribution is -0.141. The molecule has 36 heavy (non-hydrogen) atoms. The van der Waals surface area contributed by atoms with Crippen molar-refractivity contribution in [3.63, 3.8) is 0 Å². The molecule has 0 aliphatic rings. The van der Waals surface area contributed by atoms with Crippen LogP contribution in [0.2, 0.25) is 0 Å². The number of hydrogen-bond acceptors (Lipinski definition) is 6. The summed E-state index contributed by atoms with van der Waals surface area (Å²) in [5.41, 5.74) is 2.57. The van der Waals surface area contributed by atoms with Crippen LogP contribution in [-0.4, -0.2) is 38.3 Å². The molecule has 1 unspecified atom stereocenters. The van der Waals surface area contributed by atoms with Crippen LogP contribution in [-0.2, 0) is 29.1 Å². The van der Waals surface area contributed by atoms with Crippen LogP contribution in [0, 0.1) is 0 Å². The molecule has 5 aromatic rings. The van der Waals surface area contributed by atoms with Crippen molar-refractivity contribution >= 4 is 34.2 Å². The van der Waals surface area contributed by atoms with E-state index in [-0.39, 0.29) is 24.9 Å². The predicted octanol–water partition coefficient (Wildman–Crippen LogP) is 4.21. The second kappa shape index (κ2) is 11.0. The molecule has 0 aliphatic heterocycles. The van der Waals surface area contributed by atoms with Crippen LogP contribution >= 0.6 is 11.3 Å². The van der Waals surface area contributed by atoms with Gasteiger partial charge in [0.25, 0.3) is 0 Å². The largest absolute Gasteiger partial charge is 0.467 e. The Kier molecular flexibility index (Phi) is 7.18. The third kappa shape index (κ3) is 5.36. The minimum absolute atomic E-state index is 0.0252. The number of para-hydroxylation sites is 1. The van der Waals surface area contributed by atoms with Crippen molar-refractivity contribution in [2.45, 2.75) is 25.6 Å². The first-order chi connectivity index (χ1) is 17.7. The molecule has 0 radical (unpaired) electrons. The summed E-state index contributed by atoms with van der Waals surface area (Å²) in [5, 5.41) is 13.2. The number of carbonyl (C=O) groups is 2. The maximum absolute atomic E-state index is 13.8.